The monoisotopic (exact) mass is 390 g/mol. The molecule has 2 N–H and O–H groups in total. The van der Waals surface area contributed by atoms with Gasteiger partial charge in [-0.25, -0.2) is 9.78 Å². The third-order valence-corrected chi connectivity index (χ3v) is 4.54. The molecule has 3 rings (SSSR count). The molecule has 0 spiro atoms. The zero-order valence-corrected chi connectivity index (χ0v) is 16.6. The predicted molar refractivity (Wildman–Crippen MR) is 113 cm³/mol. The van der Waals surface area contributed by atoms with Crippen LogP contribution in [0, 0.1) is 12.3 Å². The van der Waals surface area contributed by atoms with Gasteiger partial charge in [-0.15, -0.1) is 6.42 Å². The Hall–Kier alpha value is -3.66. The van der Waals surface area contributed by atoms with Crippen LogP contribution in [0.1, 0.15) is 54.7 Å². The molecule has 0 bridgehead atoms. The number of hydrogen-bond donors (Lipinski definition) is 2. The fourth-order valence-corrected chi connectivity index (χ4v) is 3.08. The topological polar surface area (TPSA) is 96.8 Å². The molecule has 3 aromatic rings. The molecule has 7 nitrogen and oxygen atoms in total. The van der Waals surface area contributed by atoms with E-state index in [0.717, 1.165) is 0 Å². The predicted octanol–water partition coefficient (Wildman–Crippen LogP) is 2.85. The molecule has 0 atom stereocenters. The summed E-state index contributed by atoms with van der Waals surface area (Å²) in [5, 5.41) is 2.87. The minimum absolute atomic E-state index is 0.000171. The first-order valence-corrected chi connectivity index (χ1v) is 9.41. The second-order valence-corrected chi connectivity index (χ2v) is 7.04. The largest absolute Gasteiger partial charge is 0.329 e. The molecule has 1 aromatic carbocycles. The van der Waals surface area contributed by atoms with Crippen molar-refractivity contribution in [3.05, 3.63) is 68.0 Å². The Kier molecular flexibility index (Phi) is 5.64. The first-order valence-electron chi connectivity index (χ1n) is 9.41. The van der Waals surface area contributed by atoms with E-state index in [2.05, 4.69) is 21.2 Å². The zero-order valence-electron chi connectivity index (χ0n) is 16.6. The fourth-order valence-electron chi connectivity index (χ4n) is 3.08. The van der Waals surface area contributed by atoms with Crippen molar-refractivity contribution in [1.29, 1.82) is 0 Å². The van der Waals surface area contributed by atoms with E-state index in [1.54, 1.807) is 30.3 Å². The number of carbonyl (C=O) groups excluding carboxylic acids is 1. The van der Waals surface area contributed by atoms with Gasteiger partial charge in [0.1, 0.15) is 0 Å². The van der Waals surface area contributed by atoms with Crippen molar-refractivity contribution in [3.8, 4) is 12.3 Å². The summed E-state index contributed by atoms with van der Waals surface area (Å²) < 4.78 is 1.40. The van der Waals surface area contributed by atoms with Crippen LogP contribution in [0.3, 0.4) is 0 Å². The van der Waals surface area contributed by atoms with Crippen molar-refractivity contribution in [1.82, 2.24) is 14.5 Å². The van der Waals surface area contributed by atoms with E-state index in [9.17, 15) is 14.4 Å². The maximum atomic E-state index is 13.1. The lowest BCUT2D eigenvalue weighted by Crippen LogP contribution is -2.32. The zero-order chi connectivity index (χ0) is 21.1. The molecular formula is C22H22N4O3. The number of fused-ring (bicyclic) bond motifs is 1. The van der Waals surface area contributed by atoms with Gasteiger partial charge >= 0.3 is 5.69 Å². The van der Waals surface area contributed by atoms with Crippen molar-refractivity contribution in [3.63, 3.8) is 0 Å². The third-order valence-electron chi connectivity index (χ3n) is 4.54. The van der Waals surface area contributed by atoms with Crippen LogP contribution in [0.5, 0.6) is 0 Å². The Balaban J connectivity index is 2.24. The molecule has 0 radical (unpaired) electrons. The summed E-state index contributed by atoms with van der Waals surface area (Å²) in [6, 6.07) is 8.47. The van der Waals surface area contributed by atoms with Crippen LogP contribution < -0.4 is 16.6 Å². The highest BCUT2D eigenvalue weighted by molar-refractivity contribution is 6.11. The second-order valence-electron chi connectivity index (χ2n) is 7.04. The number of rotatable bonds is 5. The third kappa shape index (κ3) is 3.97. The Morgan fingerprint density at radius 3 is 2.72 bits per heavy atom. The Morgan fingerprint density at radius 2 is 2.07 bits per heavy atom. The summed E-state index contributed by atoms with van der Waals surface area (Å²) in [4.78, 5) is 44.8. The number of nitrogens with one attached hydrogen (secondary N) is 2. The van der Waals surface area contributed by atoms with Crippen LogP contribution in [0.4, 0.5) is 5.69 Å². The van der Waals surface area contributed by atoms with E-state index < -0.39 is 17.2 Å². The number of anilines is 1. The average Bonchev–Trinajstić information content (AvgIpc) is 2.70. The number of pyridine rings is 1. The number of benzene rings is 1. The number of aromatic amines is 1. The van der Waals surface area contributed by atoms with Crippen LogP contribution in [0.15, 0.2) is 39.9 Å². The van der Waals surface area contributed by atoms with Gasteiger partial charge in [0.05, 0.1) is 10.9 Å². The maximum Gasteiger partial charge on any atom is 0.329 e. The number of aromatic nitrogens is 3. The van der Waals surface area contributed by atoms with Gasteiger partial charge in [0.25, 0.3) is 11.5 Å². The molecule has 0 aliphatic heterocycles. The van der Waals surface area contributed by atoms with Crippen molar-refractivity contribution in [2.24, 2.45) is 0 Å². The standard InChI is InChI=1S/C22H22N4O3/c1-5-10-26-19-18(21(28)25-22(26)29)16(12-17(24-19)13(3)4)20(27)23-15-9-7-8-14(6-2)11-15/h2,7-9,11-13H,5,10H2,1,3-4H3,(H,23,27)(H,25,28,29). The van der Waals surface area contributed by atoms with E-state index in [-0.39, 0.29) is 22.5 Å². The van der Waals surface area contributed by atoms with Crippen molar-refractivity contribution < 1.29 is 4.79 Å². The van der Waals surface area contributed by atoms with Crippen LogP contribution >= 0.6 is 0 Å². The van der Waals surface area contributed by atoms with Crippen LogP contribution in [-0.4, -0.2) is 20.4 Å². The quantitative estimate of drug-likeness (QED) is 0.655. The van der Waals surface area contributed by atoms with Gasteiger partial charge in [-0.1, -0.05) is 32.8 Å². The van der Waals surface area contributed by atoms with E-state index in [1.807, 2.05) is 20.8 Å². The molecule has 0 saturated heterocycles. The van der Waals surface area contributed by atoms with Crippen molar-refractivity contribution in [2.45, 2.75) is 39.7 Å². The molecule has 0 saturated carbocycles. The lowest BCUT2D eigenvalue weighted by Gasteiger charge is -2.14. The minimum atomic E-state index is -0.636. The van der Waals surface area contributed by atoms with Crippen LogP contribution in [-0.2, 0) is 6.54 Å². The Bertz CT molecular complexity index is 1250. The van der Waals surface area contributed by atoms with E-state index >= 15 is 0 Å². The highest BCUT2D eigenvalue weighted by atomic mass is 16.2. The van der Waals surface area contributed by atoms with Gasteiger partial charge in [0, 0.05) is 23.5 Å². The number of H-pyrrole nitrogens is 1. The SMILES string of the molecule is C#Cc1cccc(NC(=O)c2cc(C(C)C)nc3c2c(=O)[nH]c(=O)n3CCC)c1. The van der Waals surface area contributed by atoms with Crippen molar-refractivity contribution in [2.75, 3.05) is 5.32 Å². The molecule has 148 valence electrons. The number of amides is 1. The highest BCUT2D eigenvalue weighted by Gasteiger charge is 2.20. The van der Waals surface area contributed by atoms with Gasteiger partial charge in [-0.2, -0.15) is 0 Å². The summed E-state index contributed by atoms with van der Waals surface area (Å²) >= 11 is 0. The lowest BCUT2D eigenvalue weighted by atomic mass is 10.0. The van der Waals surface area contributed by atoms with E-state index in [0.29, 0.717) is 29.9 Å². The Morgan fingerprint density at radius 1 is 1.31 bits per heavy atom. The lowest BCUT2D eigenvalue weighted by molar-refractivity contribution is 0.102. The fraction of sp³-hybridized carbons (Fsp3) is 0.273. The molecule has 1 amide bonds. The van der Waals surface area contributed by atoms with Gasteiger partial charge in [-0.05, 0) is 36.6 Å². The van der Waals surface area contributed by atoms with Gasteiger partial charge in [0.15, 0.2) is 5.65 Å². The van der Waals surface area contributed by atoms with Gasteiger partial charge < -0.3 is 5.32 Å². The molecule has 0 aliphatic rings. The summed E-state index contributed by atoms with van der Waals surface area (Å²) in [7, 11) is 0. The summed E-state index contributed by atoms with van der Waals surface area (Å²) in [5.41, 5.74) is 0.966. The average molecular weight is 390 g/mol. The van der Waals surface area contributed by atoms with E-state index in [4.69, 9.17) is 6.42 Å². The second kappa shape index (κ2) is 8.15. The molecule has 0 unspecified atom stereocenters. The molecule has 2 aromatic heterocycles. The summed E-state index contributed by atoms with van der Waals surface area (Å²) in [6.45, 7) is 6.16. The summed E-state index contributed by atoms with van der Waals surface area (Å²) in [6.07, 6.45) is 6.09. The maximum absolute atomic E-state index is 13.1. The van der Waals surface area contributed by atoms with Gasteiger partial charge in [0.2, 0.25) is 0 Å². The molecule has 2 heterocycles. The normalized spacial score (nSPS) is 10.9. The molecule has 0 fully saturated rings. The molecular weight excluding hydrogens is 368 g/mol. The van der Waals surface area contributed by atoms with Crippen LogP contribution in [0.25, 0.3) is 11.0 Å². The van der Waals surface area contributed by atoms with E-state index in [1.165, 1.54) is 4.57 Å². The number of aryl methyl sites for hydroxylation is 1. The minimum Gasteiger partial charge on any atom is -0.322 e. The number of carbonyl (C=O) groups is 1. The van der Waals surface area contributed by atoms with Crippen molar-refractivity contribution >= 4 is 22.6 Å². The molecule has 0 aliphatic carbocycles. The smallest absolute Gasteiger partial charge is 0.322 e. The van der Waals surface area contributed by atoms with Crippen LogP contribution in [0.2, 0.25) is 0 Å². The molecule has 29 heavy (non-hydrogen) atoms. The first-order chi connectivity index (χ1) is 13.8. The number of hydrogen-bond acceptors (Lipinski definition) is 4. The number of nitrogens with zero attached hydrogens (tertiary/aromatic N) is 2. The highest BCUT2D eigenvalue weighted by Crippen LogP contribution is 2.21. The molecule has 7 heteroatoms. The van der Waals surface area contributed by atoms with Gasteiger partial charge in [-0.3, -0.25) is 19.1 Å². The summed E-state index contributed by atoms with van der Waals surface area (Å²) in [5.74, 6) is 2.05. The first kappa shape index (κ1) is 20.1. The number of terminal acetylenes is 1. The Labute approximate surface area is 167 Å².